The number of nitrogens with one attached hydrogen (secondary N) is 2. The molecule has 0 aromatic heterocycles. The van der Waals surface area contributed by atoms with E-state index in [9.17, 15) is 9.59 Å². The lowest BCUT2D eigenvalue weighted by atomic mass is 9.69. The molecule has 0 heterocycles. The minimum Gasteiger partial charge on any atom is -0.325 e. The van der Waals surface area contributed by atoms with Crippen LogP contribution in [0.2, 0.25) is 0 Å². The Balaban J connectivity index is 1.91. The van der Waals surface area contributed by atoms with Crippen LogP contribution in [-0.2, 0) is 15.0 Å². The predicted molar refractivity (Wildman–Crippen MR) is 126 cm³/mol. The maximum atomic E-state index is 11.6. The van der Waals surface area contributed by atoms with E-state index in [2.05, 4.69) is 66.8 Å². The van der Waals surface area contributed by atoms with E-state index >= 15 is 0 Å². The number of alkyl halides is 2. The molecule has 2 aromatic rings. The molecule has 0 radical (unpaired) electrons. The summed E-state index contributed by atoms with van der Waals surface area (Å²) in [5.74, 6) is -0.105. The molecule has 1 saturated carbocycles. The van der Waals surface area contributed by atoms with E-state index in [0.717, 1.165) is 24.2 Å². The Hall–Kier alpha value is -1.66. The number of carbonyl (C=O) groups excluding carboxylic acids is 2. The van der Waals surface area contributed by atoms with Gasteiger partial charge in [-0.15, -0.1) is 0 Å². The van der Waals surface area contributed by atoms with Crippen molar-refractivity contribution in [2.75, 3.05) is 21.3 Å². The Kier molecular flexibility index (Phi) is 7.90. The first kappa shape index (κ1) is 22.0. The zero-order chi connectivity index (χ0) is 20.7. The van der Waals surface area contributed by atoms with Gasteiger partial charge in [0.15, 0.2) is 0 Å². The van der Waals surface area contributed by atoms with Gasteiger partial charge in [0, 0.05) is 16.8 Å². The molecule has 0 saturated heterocycles. The number of halogens is 2. The highest BCUT2D eigenvalue weighted by Gasteiger charge is 2.34. The van der Waals surface area contributed by atoms with Gasteiger partial charge in [-0.2, -0.15) is 0 Å². The molecular weight excluding hydrogens is 496 g/mol. The maximum Gasteiger partial charge on any atom is 0.235 e. The molecule has 1 aliphatic rings. The zero-order valence-electron chi connectivity index (χ0n) is 16.3. The molecule has 6 heteroatoms. The lowest BCUT2D eigenvalue weighted by Crippen LogP contribution is -2.27. The third kappa shape index (κ3) is 5.48. The summed E-state index contributed by atoms with van der Waals surface area (Å²) in [5.41, 5.74) is 4.17. The summed E-state index contributed by atoms with van der Waals surface area (Å²) in [6.07, 6.45) is 7.13. The van der Waals surface area contributed by atoms with Crippen LogP contribution in [-0.4, -0.2) is 22.5 Å². The van der Waals surface area contributed by atoms with Gasteiger partial charge in [0.2, 0.25) is 11.8 Å². The van der Waals surface area contributed by atoms with Crippen LogP contribution in [0.25, 0.3) is 0 Å². The highest BCUT2D eigenvalue weighted by Crippen LogP contribution is 2.44. The first-order chi connectivity index (χ1) is 14.1. The second-order valence-corrected chi connectivity index (χ2v) is 8.64. The summed E-state index contributed by atoms with van der Waals surface area (Å²) in [5, 5.41) is 6.35. The molecular formula is C23H26Br2N2O2. The molecule has 0 bridgehead atoms. The summed E-state index contributed by atoms with van der Waals surface area (Å²) in [6.45, 7) is 0. The molecule has 2 amide bonds. The fourth-order valence-electron chi connectivity index (χ4n) is 4.21. The van der Waals surface area contributed by atoms with Crippen LogP contribution in [0.4, 0.5) is 11.4 Å². The third-order valence-corrected chi connectivity index (χ3v) is 6.66. The second kappa shape index (κ2) is 10.4. The summed E-state index contributed by atoms with van der Waals surface area (Å²) in [7, 11) is 0. The third-order valence-electron chi connectivity index (χ3n) is 5.64. The van der Waals surface area contributed by atoms with Crippen LogP contribution in [0.3, 0.4) is 0 Å². The van der Waals surface area contributed by atoms with E-state index in [0.29, 0.717) is 0 Å². The van der Waals surface area contributed by atoms with Crippen molar-refractivity contribution in [3.8, 4) is 0 Å². The van der Waals surface area contributed by atoms with E-state index in [1.54, 1.807) is 0 Å². The number of hydrogen-bond acceptors (Lipinski definition) is 2. The maximum absolute atomic E-state index is 11.6. The molecule has 0 unspecified atom stereocenters. The monoisotopic (exact) mass is 520 g/mol. The Morgan fingerprint density at radius 1 is 0.690 bits per heavy atom. The van der Waals surface area contributed by atoms with Crippen molar-refractivity contribution in [3.05, 3.63) is 59.7 Å². The van der Waals surface area contributed by atoms with E-state index < -0.39 is 0 Å². The van der Waals surface area contributed by atoms with E-state index in [1.165, 1.54) is 36.8 Å². The van der Waals surface area contributed by atoms with Gasteiger partial charge in [-0.05, 0) is 48.2 Å². The number of benzene rings is 2. The van der Waals surface area contributed by atoms with E-state index in [4.69, 9.17) is 0 Å². The Bertz CT molecular complexity index is 763. The predicted octanol–water partition coefficient (Wildman–Crippen LogP) is 5.99. The first-order valence-corrected chi connectivity index (χ1v) is 12.2. The molecule has 2 aromatic carbocycles. The van der Waals surface area contributed by atoms with Crippen molar-refractivity contribution >= 4 is 55.0 Å². The van der Waals surface area contributed by atoms with Crippen LogP contribution in [0.1, 0.15) is 49.7 Å². The van der Waals surface area contributed by atoms with E-state index in [1.807, 2.05) is 24.3 Å². The molecule has 1 aliphatic carbocycles. The molecule has 0 spiro atoms. The van der Waals surface area contributed by atoms with Crippen LogP contribution in [0.5, 0.6) is 0 Å². The van der Waals surface area contributed by atoms with Gasteiger partial charge in [0.25, 0.3) is 0 Å². The van der Waals surface area contributed by atoms with Gasteiger partial charge >= 0.3 is 0 Å². The Morgan fingerprint density at radius 2 is 1.07 bits per heavy atom. The summed E-state index contributed by atoms with van der Waals surface area (Å²) < 4.78 is 0. The lowest BCUT2D eigenvalue weighted by molar-refractivity contribution is -0.114. The van der Waals surface area contributed by atoms with Crippen molar-refractivity contribution in [2.45, 2.75) is 43.9 Å². The quantitative estimate of drug-likeness (QED) is 0.362. The molecule has 1 fully saturated rings. The van der Waals surface area contributed by atoms with Gasteiger partial charge < -0.3 is 10.6 Å². The number of hydrogen-bond donors (Lipinski definition) is 2. The van der Waals surface area contributed by atoms with Gasteiger partial charge in [-0.1, -0.05) is 81.8 Å². The molecule has 154 valence electrons. The van der Waals surface area contributed by atoms with Crippen LogP contribution < -0.4 is 10.6 Å². The summed E-state index contributed by atoms with van der Waals surface area (Å²) >= 11 is 6.36. The molecule has 2 N–H and O–H groups in total. The first-order valence-electron chi connectivity index (χ1n) is 10.00. The van der Waals surface area contributed by atoms with Crippen molar-refractivity contribution in [3.63, 3.8) is 0 Å². The highest BCUT2D eigenvalue weighted by molar-refractivity contribution is 9.09. The van der Waals surface area contributed by atoms with E-state index in [-0.39, 0.29) is 27.9 Å². The number of anilines is 2. The Morgan fingerprint density at radius 3 is 1.41 bits per heavy atom. The molecule has 0 aliphatic heterocycles. The average molecular weight is 522 g/mol. The number of amides is 2. The minimum absolute atomic E-state index is 0.0353. The SMILES string of the molecule is O=C(CBr)Nc1ccc(C2(c3ccc(NC(=O)CBr)cc3)CCCCCC2)cc1. The van der Waals surface area contributed by atoms with Gasteiger partial charge in [0.05, 0.1) is 10.7 Å². The molecule has 29 heavy (non-hydrogen) atoms. The van der Waals surface area contributed by atoms with Crippen molar-refractivity contribution < 1.29 is 9.59 Å². The topological polar surface area (TPSA) is 58.2 Å². The van der Waals surface area contributed by atoms with Crippen molar-refractivity contribution in [1.82, 2.24) is 0 Å². The molecule has 3 rings (SSSR count). The fourth-order valence-corrected chi connectivity index (χ4v) is 4.49. The number of carbonyl (C=O) groups is 2. The largest absolute Gasteiger partial charge is 0.325 e. The lowest BCUT2D eigenvalue weighted by Gasteiger charge is -2.34. The molecule has 0 atom stereocenters. The van der Waals surface area contributed by atoms with Crippen molar-refractivity contribution in [1.29, 1.82) is 0 Å². The summed E-state index contributed by atoms with van der Waals surface area (Å²) in [4.78, 5) is 23.3. The normalized spacial score (nSPS) is 15.9. The average Bonchev–Trinajstić information content (AvgIpc) is 3.01. The number of rotatable bonds is 6. The van der Waals surface area contributed by atoms with Crippen LogP contribution in [0, 0.1) is 0 Å². The standard InChI is InChI=1S/C23H26Br2N2O2/c24-15-21(28)26-19-9-5-17(6-10-19)23(13-3-1-2-4-14-23)18-7-11-20(12-8-18)27-22(29)16-25/h5-12H,1-4,13-16H2,(H,26,28)(H,27,29). The van der Waals surface area contributed by atoms with Crippen LogP contribution >= 0.6 is 31.9 Å². The molecule has 4 nitrogen and oxygen atoms in total. The van der Waals surface area contributed by atoms with Gasteiger partial charge in [0.1, 0.15) is 0 Å². The highest BCUT2D eigenvalue weighted by atomic mass is 79.9. The fraction of sp³-hybridized carbons (Fsp3) is 0.391. The second-order valence-electron chi connectivity index (χ2n) is 7.51. The van der Waals surface area contributed by atoms with Gasteiger partial charge in [-0.25, -0.2) is 0 Å². The van der Waals surface area contributed by atoms with Crippen LogP contribution in [0.15, 0.2) is 48.5 Å². The Labute approximate surface area is 189 Å². The smallest absolute Gasteiger partial charge is 0.235 e. The summed E-state index contributed by atoms with van der Waals surface area (Å²) in [6, 6.07) is 16.6. The van der Waals surface area contributed by atoms with Gasteiger partial charge in [-0.3, -0.25) is 9.59 Å². The van der Waals surface area contributed by atoms with Crippen molar-refractivity contribution in [2.24, 2.45) is 0 Å². The zero-order valence-corrected chi connectivity index (χ0v) is 19.5. The minimum atomic E-state index is -0.0527.